The molecule has 2 nitrogen and oxygen atoms in total. The lowest BCUT2D eigenvalue weighted by molar-refractivity contribution is 0.602. The Bertz CT molecular complexity index is 726. The topological polar surface area (TPSA) is 30.0 Å². The van der Waals surface area contributed by atoms with Crippen LogP contribution in [0.1, 0.15) is 0 Å². The van der Waals surface area contributed by atoms with E-state index in [2.05, 4.69) is 4.98 Å². The lowest BCUT2D eigenvalue weighted by atomic mass is 9.96. The number of benzene rings is 2. The predicted molar refractivity (Wildman–Crippen MR) is 82.3 cm³/mol. The third-order valence-corrected chi connectivity index (χ3v) is 3.68. The summed E-state index contributed by atoms with van der Waals surface area (Å²) in [6.07, 6.45) is 1.70. The normalized spacial score (nSPS) is 10.6. The van der Waals surface area contributed by atoms with Gasteiger partial charge in [0, 0.05) is 11.8 Å². The van der Waals surface area contributed by atoms with E-state index in [-0.39, 0.29) is 8.46 Å². The number of hydrogen-bond donors (Lipinski definition) is 0. The van der Waals surface area contributed by atoms with Crippen molar-refractivity contribution in [3.8, 4) is 22.3 Å². The maximum atomic E-state index is 11.4. The van der Waals surface area contributed by atoms with Gasteiger partial charge in [0.2, 0.25) is 8.46 Å². The Hall–Kier alpha value is -2.31. The summed E-state index contributed by atoms with van der Waals surface area (Å²) in [5.74, 6) is 0. The van der Waals surface area contributed by atoms with Gasteiger partial charge in [-0.2, -0.15) is 0 Å². The molecular formula is C17H12NOP. The van der Waals surface area contributed by atoms with Crippen LogP contribution in [0.5, 0.6) is 0 Å². The van der Waals surface area contributed by atoms with Gasteiger partial charge in [-0.15, -0.1) is 0 Å². The van der Waals surface area contributed by atoms with E-state index < -0.39 is 0 Å². The van der Waals surface area contributed by atoms with Crippen LogP contribution in [0.4, 0.5) is 0 Å². The zero-order valence-corrected chi connectivity index (χ0v) is 11.6. The van der Waals surface area contributed by atoms with Crippen LogP contribution in [0.15, 0.2) is 72.9 Å². The van der Waals surface area contributed by atoms with Gasteiger partial charge in [0.1, 0.15) is 5.44 Å². The van der Waals surface area contributed by atoms with Crippen LogP contribution in [-0.2, 0) is 4.57 Å². The summed E-state index contributed by atoms with van der Waals surface area (Å²) >= 11 is 0. The molecule has 0 bridgehead atoms. The van der Waals surface area contributed by atoms with Crippen molar-refractivity contribution in [2.75, 3.05) is 0 Å². The molecule has 3 heteroatoms. The SMILES string of the molecule is O=Pc1nccc(-c2ccccc2)c1-c1ccccc1. The van der Waals surface area contributed by atoms with Crippen LogP contribution in [-0.4, -0.2) is 4.98 Å². The van der Waals surface area contributed by atoms with Gasteiger partial charge in [-0.05, 0) is 22.8 Å². The second-order valence-electron chi connectivity index (χ2n) is 4.38. The smallest absolute Gasteiger partial charge is 0.213 e. The third-order valence-electron chi connectivity index (χ3n) is 3.16. The van der Waals surface area contributed by atoms with E-state index in [9.17, 15) is 4.57 Å². The molecule has 0 unspecified atom stereocenters. The van der Waals surface area contributed by atoms with Crippen LogP contribution in [0.3, 0.4) is 0 Å². The van der Waals surface area contributed by atoms with E-state index in [0.717, 1.165) is 22.3 Å². The summed E-state index contributed by atoms with van der Waals surface area (Å²) in [6.45, 7) is 0. The van der Waals surface area contributed by atoms with Gasteiger partial charge >= 0.3 is 0 Å². The van der Waals surface area contributed by atoms with E-state index in [0.29, 0.717) is 5.44 Å². The van der Waals surface area contributed by atoms with Gasteiger partial charge in [-0.3, -0.25) is 4.57 Å². The minimum Gasteiger partial charge on any atom is -0.268 e. The van der Waals surface area contributed by atoms with Gasteiger partial charge in [-0.1, -0.05) is 60.7 Å². The average molecular weight is 277 g/mol. The van der Waals surface area contributed by atoms with Crippen LogP contribution in [0, 0.1) is 0 Å². The Labute approximate surface area is 119 Å². The molecule has 1 heterocycles. The van der Waals surface area contributed by atoms with Gasteiger partial charge in [-0.25, -0.2) is 4.98 Å². The molecule has 0 radical (unpaired) electrons. The molecule has 20 heavy (non-hydrogen) atoms. The Morgan fingerprint density at radius 1 is 0.750 bits per heavy atom. The highest BCUT2D eigenvalue weighted by atomic mass is 31.1. The van der Waals surface area contributed by atoms with Crippen LogP contribution in [0.25, 0.3) is 22.3 Å². The first-order valence-electron chi connectivity index (χ1n) is 6.33. The highest BCUT2D eigenvalue weighted by Gasteiger charge is 2.13. The highest BCUT2D eigenvalue weighted by Crippen LogP contribution is 2.31. The molecule has 0 spiro atoms. The molecule has 3 aromatic rings. The first kappa shape index (κ1) is 12.7. The van der Waals surface area contributed by atoms with Crippen molar-refractivity contribution in [3.05, 3.63) is 72.9 Å². The van der Waals surface area contributed by atoms with Crippen LogP contribution >= 0.6 is 8.46 Å². The third kappa shape index (κ3) is 2.38. The number of pyridine rings is 1. The van der Waals surface area contributed by atoms with Gasteiger partial charge in [0.25, 0.3) is 0 Å². The van der Waals surface area contributed by atoms with Crippen molar-refractivity contribution in [1.82, 2.24) is 4.98 Å². The molecule has 96 valence electrons. The molecule has 0 N–H and O–H groups in total. The van der Waals surface area contributed by atoms with Crippen molar-refractivity contribution in [2.24, 2.45) is 0 Å². The molecule has 2 aromatic carbocycles. The van der Waals surface area contributed by atoms with E-state index in [1.54, 1.807) is 6.20 Å². The fourth-order valence-electron chi connectivity index (χ4n) is 2.27. The first-order chi connectivity index (χ1) is 9.90. The zero-order valence-electron chi connectivity index (χ0n) is 10.7. The number of hydrogen-bond acceptors (Lipinski definition) is 2. The second-order valence-corrected chi connectivity index (χ2v) is 4.99. The molecule has 0 aliphatic heterocycles. The number of aromatic nitrogens is 1. The number of nitrogens with zero attached hydrogens (tertiary/aromatic N) is 1. The lowest BCUT2D eigenvalue weighted by Gasteiger charge is -2.11. The van der Waals surface area contributed by atoms with E-state index in [1.807, 2.05) is 66.7 Å². The van der Waals surface area contributed by atoms with Gasteiger partial charge in [0.15, 0.2) is 0 Å². The maximum Gasteiger partial charge on any atom is 0.213 e. The molecule has 0 fully saturated rings. The molecule has 0 amide bonds. The number of rotatable bonds is 3. The fraction of sp³-hybridized carbons (Fsp3) is 0. The van der Waals surface area contributed by atoms with E-state index in [4.69, 9.17) is 0 Å². The standard InChI is InChI=1S/C17H12NOP/c19-20-17-16(14-9-5-2-6-10-14)15(11-12-18-17)13-7-3-1-4-8-13/h1-12H. The summed E-state index contributed by atoms with van der Waals surface area (Å²) in [4.78, 5) is 4.23. The molecule has 0 saturated carbocycles. The maximum absolute atomic E-state index is 11.4. The Morgan fingerprint density at radius 3 is 1.95 bits per heavy atom. The Balaban J connectivity index is 2.29. The first-order valence-corrected chi connectivity index (χ1v) is 7.14. The molecular weight excluding hydrogens is 265 g/mol. The van der Waals surface area contributed by atoms with Gasteiger partial charge < -0.3 is 0 Å². The summed E-state index contributed by atoms with van der Waals surface area (Å²) in [7, 11) is -0.0637. The molecule has 0 atom stereocenters. The van der Waals surface area contributed by atoms with Crippen molar-refractivity contribution in [1.29, 1.82) is 0 Å². The van der Waals surface area contributed by atoms with E-state index >= 15 is 0 Å². The Morgan fingerprint density at radius 2 is 1.35 bits per heavy atom. The highest BCUT2D eigenvalue weighted by molar-refractivity contribution is 7.34. The summed E-state index contributed by atoms with van der Waals surface area (Å²) in [5.41, 5.74) is 4.66. The van der Waals surface area contributed by atoms with Crippen LogP contribution in [0.2, 0.25) is 0 Å². The minimum atomic E-state index is -0.0637. The van der Waals surface area contributed by atoms with E-state index in [1.165, 1.54) is 0 Å². The van der Waals surface area contributed by atoms with Crippen molar-refractivity contribution in [2.45, 2.75) is 0 Å². The summed E-state index contributed by atoms with van der Waals surface area (Å²) in [6, 6.07) is 22.0. The molecule has 1 aromatic heterocycles. The Kier molecular flexibility index (Phi) is 3.67. The van der Waals surface area contributed by atoms with Crippen molar-refractivity contribution >= 4 is 13.9 Å². The fourth-order valence-corrected chi connectivity index (χ4v) is 2.72. The van der Waals surface area contributed by atoms with Crippen molar-refractivity contribution in [3.63, 3.8) is 0 Å². The quantitative estimate of drug-likeness (QED) is 0.667. The van der Waals surface area contributed by atoms with Crippen molar-refractivity contribution < 1.29 is 4.57 Å². The van der Waals surface area contributed by atoms with Crippen LogP contribution < -0.4 is 5.44 Å². The second kappa shape index (κ2) is 5.77. The van der Waals surface area contributed by atoms with Gasteiger partial charge in [0.05, 0.1) is 0 Å². The molecule has 0 aliphatic carbocycles. The molecule has 0 saturated heterocycles. The summed E-state index contributed by atoms with van der Waals surface area (Å²) in [5, 5.41) is 0. The summed E-state index contributed by atoms with van der Waals surface area (Å²) < 4.78 is 11.4. The monoisotopic (exact) mass is 277 g/mol. The zero-order chi connectivity index (χ0) is 13.8. The predicted octanol–water partition coefficient (Wildman–Crippen LogP) is 4.33. The minimum absolute atomic E-state index is 0.0637. The lowest BCUT2D eigenvalue weighted by Crippen LogP contribution is -2.05. The molecule has 0 aliphatic rings. The average Bonchev–Trinajstić information content (AvgIpc) is 2.55. The largest absolute Gasteiger partial charge is 0.268 e. The molecule has 3 rings (SSSR count).